The van der Waals surface area contributed by atoms with Crippen LogP contribution in [0.5, 0.6) is 0 Å². The van der Waals surface area contributed by atoms with Gasteiger partial charge in [0.05, 0.1) is 0 Å². The van der Waals surface area contributed by atoms with Crippen molar-refractivity contribution in [1.82, 2.24) is 5.32 Å². The topological polar surface area (TPSA) is 12.0 Å². The molecule has 1 aromatic carbocycles. The number of hydrogen-bond donors (Lipinski definition) is 1. The molecule has 0 bridgehead atoms. The fourth-order valence-corrected chi connectivity index (χ4v) is 2.65. The Kier molecular flexibility index (Phi) is 3.54. The van der Waals surface area contributed by atoms with Gasteiger partial charge in [0.15, 0.2) is 0 Å². The standard InChI is InChI=1S/C13H17F2N/c1-16-13-7-2-4-9(13)8-10-11(14)5-3-6-12(10)15/h3,5-6,9,13,16H,2,4,7-8H2,1H3. The summed E-state index contributed by atoms with van der Waals surface area (Å²) in [6.45, 7) is 0. The molecule has 3 heteroatoms. The zero-order chi connectivity index (χ0) is 11.5. The number of nitrogens with one attached hydrogen (secondary N) is 1. The van der Waals surface area contributed by atoms with E-state index < -0.39 is 11.6 Å². The van der Waals surface area contributed by atoms with Gasteiger partial charge >= 0.3 is 0 Å². The summed E-state index contributed by atoms with van der Waals surface area (Å²) in [4.78, 5) is 0. The maximum atomic E-state index is 13.5. The molecule has 1 aliphatic rings. The van der Waals surface area contributed by atoms with Crippen molar-refractivity contribution < 1.29 is 8.78 Å². The number of hydrogen-bond acceptors (Lipinski definition) is 1. The first kappa shape index (κ1) is 11.5. The molecule has 0 spiro atoms. The Morgan fingerprint density at radius 1 is 1.25 bits per heavy atom. The molecule has 0 aromatic heterocycles. The summed E-state index contributed by atoms with van der Waals surface area (Å²) < 4.78 is 26.9. The molecule has 1 aromatic rings. The van der Waals surface area contributed by atoms with Gasteiger partial charge in [-0.1, -0.05) is 12.5 Å². The van der Waals surface area contributed by atoms with Gasteiger partial charge in [-0.25, -0.2) is 8.78 Å². The second-order valence-electron chi connectivity index (χ2n) is 4.49. The summed E-state index contributed by atoms with van der Waals surface area (Å²) in [6, 6.07) is 4.49. The Morgan fingerprint density at radius 2 is 1.94 bits per heavy atom. The van der Waals surface area contributed by atoms with Gasteiger partial charge in [-0.15, -0.1) is 0 Å². The van der Waals surface area contributed by atoms with Crippen LogP contribution in [0.1, 0.15) is 24.8 Å². The maximum absolute atomic E-state index is 13.5. The minimum absolute atomic E-state index is 0.245. The van der Waals surface area contributed by atoms with Crippen LogP contribution in [0.4, 0.5) is 8.78 Å². The highest BCUT2D eigenvalue weighted by atomic mass is 19.1. The van der Waals surface area contributed by atoms with E-state index in [0.29, 0.717) is 18.4 Å². The molecular formula is C13H17F2N. The van der Waals surface area contributed by atoms with Gasteiger partial charge in [0.2, 0.25) is 0 Å². The third kappa shape index (κ3) is 2.24. The van der Waals surface area contributed by atoms with E-state index in [1.165, 1.54) is 18.2 Å². The Morgan fingerprint density at radius 3 is 2.56 bits per heavy atom. The lowest BCUT2D eigenvalue weighted by Gasteiger charge is -2.19. The Balaban J connectivity index is 2.14. The number of rotatable bonds is 3. The van der Waals surface area contributed by atoms with E-state index in [1.807, 2.05) is 7.05 Å². The second-order valence-corrected chi connectivity index (χ2v) is 4.49. The molecule has 1 aliphatic carbocycles. The highest BCUT2D eigenvalue weighted by Gasteiger charge is 2.27. The van der Waals surface area contributed by atoms with Crippen LogP contribution in [0.15, 0.2) is 18.2 Å². The molecule has 1 fully saturated rings. The lowest BCUT2D eigenvalue weighted by atomic mass is 9.94. The predicted molar refractivity (Wildman–Crippen MR) is 60.3 cm³/mol. The van der Waals surface area contributed by atoms with Crippen molar-refractivity contribution >= 4 is 0 Å². The van der Waals surface area contributed by atoms with E-state index in [2.05, 4.69) is 5.32 Å². The molecule has 2 atom stereocenters. The Bertz CT molecular complexity index is 345. The van der Waals surface area contributed by atoms with Crippen molar-refractivity contribution in [1.29, 1.82) is 0 Å². The van der Waals surface area contributed by atoms with E-state index in [1.54, 1.807) is 0 Å². The first-order valence-electron chi connectivity index (χ1n) is 5.82. The summed E-state index contributed by atoms with van der Waals surface area (Å²) in [6.07, 6.45) is 3.81. The van der Waals surface area contributed by atoms with Gasteiger partial charge in [0, 0.05) is 11.6 Å². The van der Waals surface area contributed by atoms with Crippen molar-refractivity contribution in [2.24, 2.45) is 5.92 Å². The van der Waals surface area contributed by atoms with E-state index in [-0.39, 0.29) is 5.56 Å². The third-order valence-electron chi connectivity index (χ3n) is 3.56. The monoisotopic (exact) mass is 225 g/mol. The Labute approximate surface area is 94.9 Å². The maximum Gasteiger partial charge on any atom is 0.129 e. The molecule has 0 saturated heterocycles. The number of halogens is 2. The van der Waals surface area contributed by atoms with Crippen molar-refractivity contribution in [3.8, 4) is 0 Å². The molecule has 0 amide bonds. The first-order valence-corrected chi connectivity index (χ1v) is 5.82. The van der Waals surface area contributed by atoms with Crippen LogP contribution < -0.4 is 5.32 Å². The van der Waals surface area contributed by atoms with Crippen LogP contribution in [0.25, 0.3) is 0 Å². The normalized spacial score (nSPS) is 24.9. The summed E-state index contributed by atoms with van der Waals surface area (Å²) in [5, 5.41) is 3.23. The average molecular weight is 225 g/mol. The van der Waals surface area contributed by atoms with E-state index in [9.17, 15) is 8.78 Å². The van der Waals surface area contributed by atoms with E-state index in [4.69, 9.17) is 0 Å². The van der Waals surface area contributed by atoms with Crippen LogP contribution in [0, 0.1) is 17.6 Å². The molecule has 0 heterocycles. The van der Waals surface area contributed by atoms with E-state index in [0.717, 1.165) is 19.3 Å². The molecule has 1 N–H and O–H groups in total. The second kappa shape index (κ2) is 4.91. The summed E-state index contributed by atoms with van der Waals surface area (Å²) in [5.74, 6) is -0.472. The largest absolute Gasteiger partial charge is 0.317 e. The van der Waals surface area contributed by atoms with Gasteiger partial charge in [-0.05, 0) is 44.4 Å². The summed E-state index contributed by atoms with van der Waals surface area (Å²) in [5.41, 5.74) is 0.245. The Hall–Kier alpha value is -0.960. The lowest BCUT2D eigenvalue weighted by molar-refractivity contribution is 0.408. The molecule has 1 saturated carbocycles. The fraction of sp³-hybridized carbons (Fsp3) is 0.538. The molecule has 88 valence electrons. The highest BCUT2D eigenvalue weighted by molar-refractivity contribution is 5.20. The number of benzene rings is 1. The van der Waals surface area contributed by atoms with Crippen molar-refractivity contribution in [2.45, 2.75) is 31.7 Å². The zero-order valence-electron chi connectivity index (χ0n) is 9.47. The van der Waals surface area contributed by atoms with Crippen LogP contribution in [-0.4, -0.2) is 13.1 Å². The first-order chi connectivity index (χ1) is 7.72. The van der Waals surface area contributed by atoms with E-state index >= 15 is 0 Å². The minimum atomic E-state index is -0.415. The molecule has 2 rings (SSSR count). The van der Waals surface area contributed by atoms with Crippen molar-refractivity contribution in [3.63, 3.8) is 0 Å². The molecule has 0 aliphatic heterocycles. The fourth-order valence-electron chi connectivity index (χ4n) is 2.65. The van der Waals surface area contributed by atoms with Gasteiger partial charge in [-0.2, -0.15) is 0 Å². The minimum Gasteiger partial charge on any atom is -0.317 e. The molecule has 16 heavy (non-hydrogen) atoms. The van der Waals surface area contributed by atoms with Crippen molar-refractivity contribution in [3.05, 3.63) is 35.4 Å². The van der Waals surface area contributed by atoms with Crippen LogP contribution >= 0.6 is 0 Å². The highest BCUT2D eigenvalue weighted by Crippen LogP contribution is 2.30. The van der Waals surface area contributed by atoms with Crippen LogP contribution in [-0.2, 0) is 6.42 Å². The zero-order valence-corrected chi connectivity index (χ0v) is 9.47. The molecule has 1 nitrogen and oxygen atoms in total. The van der Waals surface area contributed by atoms with Gasteiger partial charge in [0.25, 0.3) is 0 Å². The predicted octanol–water partition coefficient (Wildman–Crippen LogP) is 2.90. The van der Waals surface area contributed by atoms with Gasteiger partial charge < -0.3 is 5.32 Å². The molecule has 2 unspecified atom stereocenters. The van der Waals surface area contributed by atoms with Crippen LogP contribution in [0.3, 0.4) is 0 Å². The van der Waals surface area contributed by atoms with Crippen LogP contribution in [0.2, 0.25) is 0 Å². The smallest absolute Gasteiger partial charge is 0.129 e. The SMILES string of the molecule is CNC1CCCC1Cc1c(F)cccc1F. The quantitative estimate of drug-likeness (QED) is 0.834. The average Bonchev–Trinajstić information content (AvgIpc) is 2.71. The van der Waals surface area contributed by atoms with Gasteiger partial charge in [0.1, 0.15) is 11.6 Å². The third-order valence-corrected chi connectivity index (χ3v) is 3.56. The van der Waals surface area contributed by atoms with Gasteiger partial charge in [-0.3, -0.25) is 0 Å². The molecule has 0 radical (unpaired) electrons. The lowest BCUT2D eigenvalue weighted by Crippen LogP contribution is -2.30. The summed E-state index contributed by atoms with van der Waals surface area (Å²) >= 11 is 0. The molecular weight excluding hydrogens is 208 g/mol. The summed E-state index contributed by atoms with van der Waals surface area (Å²) in [7, 11) is 1.92. The van der Waals surface area contributed by atoms with Crippen molar-refractivity contribution in [2.75, 3.05) is 7.05 Å².